The van der Waals surface area contributed by atoms with Gasteiger partial charge >= 0.3 is 0 Å². The summed E-state index contributed by atoms with van der Waals surface area (Å²) in [6.45, 7) is 1.38. The molecular weight excluding hydrogens is 334 g/mol. The number of nitroso groups, excluding NO2 is 1. The number of carbonyl (C=O) groups is 1. The molecule has 0 saturated heterocycles. The highest BCUT2D eigenvalue weighted by Gasteiger charge is 2.15. The first-order valence-corrected chi connectivity index (χ1v) is 7.51. The van der Waals surface area contributed by atoms with Gasteiger partial charge in [-0.3, -0.25) is 14.9 Å². The number of nitro benzene ring substituents is 1. The molecule has 0 heterocycles. The molecule has 8 nitrogen and oxygen atoms in total. The number of carbonyl (C=O) groups excluding carboxylic acids is 1. The minimum absolute atomic E-state index is 0.0502. The molecule has 0 aliphatic carbocycles. The number of nitro groups is 1. The van der Waals surface area contributed by atoms with Crippen molar-refractivity contribution in [2.75, 3.05) is 12.4 Å². The normalized spacial score (nSPS) is 10.1. The SMILES string of the molecule is COc1ccc(NC(C)=O)c(Sc2ccc([N+](=O)[O-])cc2N=O)c1. The zero-order valence-corrected chi connectivity index (χ0v) is 13.6. The lowest BCUT2D eigenvalue weighted by Gasteiger charge is -2.12. The second kappa shape index (κ2) is 7.55. The van der Waals surface area contributed by atoms with Crippen LogP contribution in [0.1, 0.15) is 6.92 Å². The lowest BCUT2D eigenvalue weighted by molar-refractivity contribution is -0.384. The van der Waals surface area contributed by atoms with Crippen molar-refractivity contribution in [1.29, 1.82) is 0 Å². The highest BCUT2D eigenvalue weighted by atomic mass is 32.2. The Bertz CT molecular complexity index is 810. The number of ether oxygens (including phenoxy) is 1. The summed E-state index contributed by atoms with van der Waals surface area (Å²) >= 11 is 1.15. The minimum atomic E-state index is -0.600. The van der Waals surface area contributed by atoms with Gasteiger partial charge < -0.3 is 10.1 Å². The summed E-state index contributed by atoms with van der Waals surface area (Å²) in [6, 6.07) is 8.87. The molecule has 9 heteroatoms. The lowest BCUT2D eigenvalue weighted by Crippen LogP contribution is -2.06. The van der Waals surface area contributed by atoms with Crippen LogP contribution in [-0.4, -0.2) is 17.9 Å². The number of hydrogen-bond donors (Lipinski definition) is 1. The van der Waals surface area contributed by atoms with E-state index in [1.807, 2.05) is 0 Å². The highest BCUT2D eigenvalue weighted by Crippen LogP contribution is 2.41. The molecule has 0 aliphatic rings. The van der Waals surface area contributed by atoms with Gasteiger partial charge in [0.25, 0.3) is 5.69 Å². The van der Waals surface area contributed by atoms with E-state index < -0.39 is 4.92 Å². The van der Waals surface area contributed by atoms with Crippen LogP contribution in [0.15, 0.2) is 51.4 Å². The number of methoxy groups -OCH3 is 1. The third-order valence-corrected chi connectivity index (χ3v) is 4.09. The largest absolute Gasteiger partial charge is 0.497 e. The number of rotatable bonds is 6. The summed E-state index contributed by atoms with van der Waals surface area (Å²) in [4.78, 5) is 33.5. The Hall–Kier alpha value is -2.94. The van der Waals surface area contributed by atoms with Crippen LogP contribution < -0.4 is 10.1 Å². The van der Waals surface area contributed by atoms with E-state index in [2.05, 4.69) is 10.5 Å². The van der Waals surface area contributed by atoms with E-state index in [4.69, 9.17) is 4.74 Å². The number of nitrogens with one attached hydrogen (secondary N) is 1. The van der Waals surface area contributed by atoms with Gasteiger partial charge in [0.15, 0.2) is 0 Å². The molecular formula is C15H13N3O5S. The zero-order valence-electron chi connectivity index (χ0n) is 12.8. The smallest absolute Gasteiger partial charge is 0.271 e. The molecule has 1 amide bonds. The number of non-ortho nitro benzene ring substituents is 1. The van der Waals surface area contributed by atoms with Crippen LogP contribution in [0, 0.1) is 15.0 Å². The van der Waals surface area contributed by atoms with Crippen LogP contribution in [0.25, 0.3) is 0 Å². The predicted molar refractivity (Wildman–Crippen MR) is 90.0 cm³/mol. The van der Waals surface area contributed by atoms with Gasteiger partial charge in [0.1, 0.15) is 11.4 Å². The first kappa shape index (κ1) is 17.4. The second-order valence-corrected chi connectivity index (χ2v) is 5.73. The fourth-order valence-corrected chi connectivity index (χ4v) is 2.88. The average molecular weight is 347 g/mol. The Morgan fingerprint density at radius 1 is 1.25 bits per heavy atom. The molecule has 2 rings (SSSR count). The summed E-state index contributed by atoms with van der Waals surface area (Å²) < 4.78 is 5.16. The topological polar surface area (TPSA) is 111 Å². The molecule has 0 radical (unpaired) electrons. The van der Waals surface area contributed by atoms with Crippen LogP contribution in [-0.2, 0) is 4.79 Å². The molecule has 0 saturated carbocycles. The Balaban J connectivity index is 2.44. The van der Waals surface area contributed by atoms with Crippen molar-refractivity contribution in [1.82, 2.24) is 0 Å². The first-order chi connectivity index (χ1) is 11.4. The Morgan fingerprint density at radius 3 is 2.58 bits per heavy atom. The molecule has 124 valence electrons. The molecule has 24 heavy (non-hydrogen) atoms. The van der Waals surface area contributed by atoms with Crippen LogP contribution in [0.3, 0.4) is 0 Å². The lowest BCUT2D eigenvalue weighted by atomic mass is 10.3. The number of anilines is 1. The van der Waals surface area contributed by atoms with Crippen molar-refractivity contribution < 1.29 is 14.5 Å². The van der Waals surface area contributed by atoms with Gasteiger partial charge in [-0.05, 0) is 29.4 Å². The van der Waals surface area contributed by atoms with Crippen molar-refractivity contribution in [2.24, 2.45) is 5.18 Å². The molecule has 0 atom stereocenters. The summed E-state index contributed by atoms with van der Waals surface area (Å²) in [6.07, 6.45) is 0. The summed E-state index contributed by atoms with van der Waals surface area (Å²) in [5, 5.41) is 16.3. The maximum Gasteiger partial charge on any atom is 0.271 e. The summed E-state index contributed by atoms with van der Waals surface area (Å²) in [5.74, 6) is 0.313. The monoisotopic (exact) mass is 347 g/mol. The van der Waals surface area contributed by atoms with E-state index >= 15 is 0 Å². The van der Waals surface area contributed by atoms with Crippen molar-refractivity contribution in [3.05, 3.63) is 51.4 Å². The third-order valence-electron chi connectivity index (χ3n) is 2.97. The Kier molecular flexibility index (Phi) is 5.48. The van der Waals surface area contributed by atoms with Gasteiger partial charge in [-0.2, -0.15) is 0 Å². The molecule has 1 N–H and O–H groups in total. The van der Waals surface area contributed by atoms with E-state index in [1.54, 1.807) is 18.2 Å². The number of nitrogens with zero attached hydrogens (tertiary/aromatic N) is 2. The molecule has 0 aromatic heterocycles. The molecule has 0 aliphatic heterocycles. The summed E-state index contributed by atoms with van der Waals surface area (Å²) in [5.41, 5.74) is 0.260. The van der Waals surface area contributed by atoms with E-state index in [-0.39, 0.29) is 17.3 Å². The molecule has 0 spiro atoms. The Morgan fingerprint density at radius 2 is 2.00 bits per heavy atom. The van der Waals surface area contributed by atoms with Crippen LogP contribution in [0.4, 0.5) is 17.1 Å². The van der Waals surface area contributed by atoms with Crippen LogP contribution >= 0.6 is 11.8 Å². The molecule has 0 fully saturated rings. The first-order valence-electron chi connectivity index (χ1n) is 6.70. The number of amides is 1. The average Bonchev–Trinajstić information content (AvgIpc) is 2.56. The van der Waals surface area contributed by atoms with Gasteiger partial charge in [0.05, 0.1) is 17.7 Å². The number of hydrogen-bond acceptors (Lipinski definition) is 7. The maximum atomic E-state index is 11.3. The molecule has 0 bridgehead atoms. The van der Waals surface area contributed by atoms with Gasteiger partial charge in [0, 0.05) is 28.8 Å². The second-order valence-electron chi connectivity index (χ2n) is 4.65. The van der Waals surface area contributed by atoms with Gasteiger partial charge in [0.2, 0.25) is 5.91 Å². The fraction of sp³-hybridized carbons (Fsp3) is 0.133. The van der Waals surface area contributed by atoms with Gasteiger partial charge in [-0.15, -0.1) is 4.91 Å². The van der Waals surface area contributed by atoms with Gasteiger partial charge in [-0.25, -0.2) is 0 Å². The summed E-state index contributed by atoms with van der Waals surface area (Å²) in [7, 11) is 1.51. The highest BCUT2D eigenvalue weighted by molar-refractivity contribution is 7.99. The fourth-order valence-electron chi connectivity index (χ4n) is 1.90. The molecule has 2 aromatic rings. The molecule has 2 aromatic carbocycles. The number of benzene rings is 2. The van der Waals surface area contributed by atoms with E-state index in [0.29, 0.717) is 21.2 Å². The van der Waals surface area contributed by atoms with Crippen molar-refractivity contribution in [2.45, 2.75) is 16.7 Å². The third kappa shape index (κ3) is 4.07. The Labute approximate surface area is 141 Å². The van der Waals surface area contributed by atoms with E-state index in [0.717, 1.165) is 17.8 Å². The maximum absolute atomic E-state index is 11.3. The van der Waals surface area contributed by atoms with Crippen LogP contribution in [0.5, 0.6) is 5.75 Å². The van der Waals surface area contributed by atoms with Crippen LogP contribution in [0.2, 0.25) is 0 Å². The minimum Gasteiger partial charge on any atom is -0.497 e. The zero-order chi connectivity index (χ0) is 17.7. The predicted octanol–water partition coefficient (Wildman–Crippen LogP) is 4.11. The van der Waals surface area contributed by atoms with Crippen molar-refractivity contribution in [3.63, 3.8) is 0 Å². The molecule has 0 unspecified atom stereocenters. The van der Waals surface area contributed by atoms with Gasteiger partial charge in [-0.1, -0.05) is 11.8 Å². The van der Waals surface area contributed by atoms with Crippen molar-refractivity contribution >= 4 is 34.7 Å². The quantitative estimate of drug-likeness (QED) is 0.478. The van der Waals surface area contributed by atoms with Crippen molar-refractivity contribution in [3.8, 4) is 5.75 Å². The van der Waals surface area contributed by atoms with E-state index in [9.17, 15) is 19.8 Å². The standard InChI is InChI=1S/C15H13N3O5S/c1-9(19)16-12-5-4-11(23-2)8-15(12)24-14-6-3-10(18(21)22)7-13(14)17-20/h3-8H,1-2H3,(H,16,19). The van der Waals surface area contributed by atoms with E-state index in [1.165, 1.54) is 26.2 Å².